The molecule has 1 aromatic heterocycles. The van der Waals surface area contributed by atoms with Gasteiger partial charge < -0.3 is 10.6 Å². The monoisotopic (exact) mass is 268 g/mol. The molecule has 96 valence electrons. The second-order valence-electron chi connectivity index (χ2n) is 3.11. The molecule has 1 heterocycles. The maximum absolute atomic E-state index is 12.2. The lowest BCUT2D eigenvalue weighted by Gasteiger charge is -2.03. The van der Waals surface area contributed by atoms with E-state index in [9.17, 15) is 18.0 Å². The van der Waals surface area contributed by atoms with Crippen molar-refractivity contribution in [3.8, 4) is 0 Å². The zero-order valence-electron chi connectivity index (χ0n) is 8.97. The molecule has 0 aliphatic rings. The van der Waals surface area contributed by atoms with Crippen molar-refractivity contribution < 1.29 is 18.0 Å². The Kier molecular flexibility index (Phi) is 4.67. The first-order valence-electron chi connectivity index (χ1n) is 4.84. The van der Waals surface area contributed by atoms with E-state index in [0.717, 1.165) is 6.42 Å². The first-order chi connectivity index (χ1) is 7.93. The summed E-state index contributed by atoms with van der Waals surface area (Å²) in [5.41, 5.74) is 0. The third-order valence-corrected chi connectivity index (χ3v) is 2.57. The summed E-state index contributed by atoms with van der Waals surface area (Å²) < 4.78 is 36.5. The van der Waals surface area contributed by atoms with Crippen LogP contribution in [0, 0.1) is 0 Å². The SMILES string of the molecule is CCCNC(=O)CNc1nnc(C(F)(F)F)s1. The minimum atomic E-state index is -4.50. The molecule has 0 saturated heterocycles. The molecule has 0 spiro atoms. The van der Waals surface area contributed by atoms with Crippen molar-refractivity contribution >= 4 is 22.4 Å². The fraction of sp³-hybridized carbons (Fsp3) is 0.625. The zero-order chi connectivity index (χ0) is 12.9. The molecule has 1 rings (SSSR count). The molecule has 0 aliphatic carbocycles. The van der Waals surface area contributed by atoms with E-state index < -0.39 is 11.2 Å². The first-order valence-corrected chi connectivity index (χ1v) is 5.66. The van der Waals surface area contributed by atoms with E-state index in [2.05, 4.69) is 20.8 Å². The number of rotatable bonds is 5. The number of amides is 1. The van der Waals surface area contributed by atoms with Crippen molar-refractivity contribution in [2.24, 2.45) is 0 Å². The highest BCUT2D eigenvalue weighted by Gasteiger charge is 2.35. The highest BCUT2D eigenvalue weighted by Crippen LogP contribution is 2.32. The van der Waals surface area contributed by atoms with Crippen LogP contribution >= 0.6 is 11.3 Å². The predicted octanol–water partition coefficient (Wildman–Crippen LogP) is 1.49. The third kappa shape index (κ3) is 4.55. The van der Waals surface area contributed by atoms with Crippen LogP contribution in [0.25, 0.3) is 0 Å². The van der Waals surface area contributed by atoms with Gasteiger partial charge in [-0.25, -0.2) is 0 Å². The van der Waals surface area contributed by atoms with Gasteiger partial charge in [-0.2, -0.15) is 13.2 Å². The van der Waals surface area contributed by atoms with E-state index in [1.165, 1.54) is 0 Å². The van der Waals surface area contributed by atoms with E-state index >= 15 is 0 Å². The Morgan fingerprint density at radius 1 is 1.41 bits per heavy atom. The molecule has 2 N–H and O–H groups in total. The molecule has 0 aliphatic heterocycles. The van der Waals surface area contributed by atoms with Crippen molar-refractivity contribution in [1.29, 1.82) is 0 Å². The fourth-order valence-corrected chi connectivity index (χ4v) is 1.50. The summed E-state index contributed by atoms with van der Waals surface area (Å²) in [7, 11) is 0. The molecule has 17 heavy (non-hydrogen) atoms. The summed E-state index contributed by atoms with van der Waals surface area (Å²) in [6.45, 7) is 2.31. The van der Waals surface area contributed by atoms with Gasteiger partial charge in [-0.15, -0.1) is 10.2 Å². The molecule has 9 heteroatoms. The second-order valence-corrected chi connectivity index (χ2v) is 4.09. The van der Waals surface area contributed by atoms with Crippen molar-refractivity contribution in [2.75, 3.05) is 18.4 Å². The molecular formula is C8H11F3N4OS. The number of hydrogen-bond donors (Lipinski definition) is 2. The van der Waals surface area contributed by atoms with Gasteiger partial charge in [-0.1, -0.05) is 18.3 Å². The van der Waals surface area contributed by atoms with Crippen LogP contribution in [0.3, 0.4) is 0 Å². The number of alkyl halides is 3. The largest absolute Gasteiger partial charge is 0.445 e. The van der Waals surface area contributed by atoms with E-state index in [0.29, 0.717) is 17.9 Å². The molecule has 0 radical (unpaired) electrons. The van der Waals surface area contributed by atoms with Crippen molar-refractivity contribution in [3.63, 3.8) is 0 Å². The minimum absolute atomic E-state index is 0.0241. The maximum atomic E-state index is 12.2. The quantitative estimate of drug-likeness (QED) is 0.849. The van der Waals surface area contributed by atoms with Gasteiger partial charge in [0.05, 0.1) is 6.54 Å². The molecular weight excluding hydrogens is 257 g/mol. The van der Waals surface area contributed by atoms with Gasteiger partial charge in [0.15, 0.2) is 0 Å². The lowest BCUT2D eigenvalue weighted by molar-refractivity contribution is -0.138. The van der Waals surface area contributed by atoms with Gasteiger partial charge in [0.25, 0.3) is 0 Å². The van der Waals surface area contributed by atoms with Crippen molar-refractivity contribution in [1.82, 2.24) is 15.5 Å². The normalized spacial score (nSPS) is 11.3. The topological polar surface area (TPSA) is 66.9 Å². The standard InChI is InChI=1S/C8H11F3N4OS/c1-2-3-12-5(16)4-13-7-15-14-6(17-7)8(9,10)11/h2-4H2,1H3,(H,12,16)(H,13,15). The van der Waals surface area contributed by atoms with E-state index in [1.807, 2.05) is 6.92 Å². The number of halogens is 3. The Balaban J connectivity index is 2.42. The zero-order valence-corrected chi connectivity index (χ0v) is 9.78. The average Bonchev–Trinajstić information content (AvgIpc) is 2.71. The molecule has 0 atom stereocenters. The number of hydrogen-bond acceptors (Lipinski definition) is 5. The maximum Gasteiger partial charge on any atom is 0.445 e. The summed E-state index contributed by atoms with van der Waals surface area (Å²) in [4.78, 5) is 11.1. The van der Waals surface area contributed by atoms with E-state index in [1.54, 1.807) is 0 Å². The summed E-state index contributed by atoms with van der Waals surface area (Å²) in [6.07, 6.45) is -3.70. The van der Waals surface area contributed by atoms with Gasteiger partial charge >= 0.3 is 6.18 Å². The van der Waals surface area contributed by atoms with Crippen LogP contribution < -0.4 is 10.6 Å². The molecule has 0 saturated carbocycles. The number of carbonyl (C=O) groups excluding carboxylic acids is 1. The van der Waals surface area contributed by atoms with Gasteiger partial charge in [0.2, 0.25) is 16.0 Å². The highest BCUT2D eigenvalue weighted by atomic mass is 32.1. The molecule has 0 unspecified atom stereocenters. The van der Waals surface area contributed by atoms with Crippen LogP contribution in [0.5, 0.6) is 0 Å². The lowest BCUT2D eigenvalue weighted by Crippen LogP contribution is -2.30. The summed E-state index contributed by atoms with van der Waals surface area (Å²) in [5, 5.41) is 10.3. The Labute approximate surface area is 99.4 Å². The highest BCUT2D eigenvalue weighted by molar-refractivity contribution is 7.15. The number of nitrogens with one attached hydrogen (secondary N) is 2. The average molecular weight is 268 g/mol. The molecule has 5 nitrogen and oxygen atoms in total. The van der Waals surface area contributed by atoms with Crippen LogP contribution in [0.1, 0.15) is 18.4 Å². The van der Waals surface area contributed by atoms with E-state index in [-0.39, 0.29) is 17.6 Å². The van der Waals surface area contributed by atoms with Crippen LogP contribution in [0.15, 0.2) is 0 Å². The molecule has 0 aromatic carbocycles. The predicted molar refractivity (Wildman–Crippen MR) is 56.7 cm³/mol. The smallest absolute Gasteiger partial charge is 0.355 e. The molecule has 1 aromatic rings. The Bertz CT molecular complexity index is 379. The number of aromatic nitrogens is 2. The van der Waals surface area contributed by atoms with Crippen molar-refractivity contribution in [2.45, 2.75) is 19.5 Å². The summed E-state index contributed by atoms with van der Waals surface area (Å²) >= 11 is 0.367. The summed E-state index contributed by atoms with van der Waals surface area (Å²) in [5.74, 6) is -0.296. The van der Waals surface area contributed by atoms with Gasteiger partial charge in [0.1, 0.15) is 0 Å². The Morgan fingerprint density at radius 3 is 2.65 bits per heavy atom. The number of anilines is 1. The van der Waals surface area contributed by atoms with Crippen molar-refractivity contribution in [3.05, 3.63) is 5.01 Å². The fourth-order valence-electron chi connectivity index (χ4n) is 0.892. The van der Waals surface area contributed by atoms with Gasteiger partial charge in [-0.3, -0.25) is 4.79 Å². The first kappa shape index (κ1) is 13.7. The Morgan fingerprint density at radius 2 is 2.12 bits per heavy atom. The molecule has 0 fully saturated rings. The number of carbonyl (C=O) groups is 1. The molecule has 0 bridgehead atoms. The second kappa shape index (κ2) is 5.80. The van der Waals surface area contributed by atoms with Crippen LogP contribution in [-0.2, 0) is 11.0 Å². The molecule has 1 amide bonds. The number of nitrogens with zero attached hydrogens (tertiary/aromatic N) is 2. The van der Waals surface area contributed by atoms with Gasteiger partial charge in [0, 0.05) is 6.54 Å². The van der Waals surface area contributed by atoms with Gasteiger partial charge in [-0.05, 0) is 6.42 Å². The van der Waals surface area contributed by atoms with E-state index in [4.69, 9.17) is 0 Å². The lowest BCUT2D eigenvalue weighted by atomic mass is 10.4. The minimum Gasteiger partial charge on any atom is -0.355 e. The summed E-state index contributed by atoms with van der Waals surface area (Å²) in [6, 6.07) is 0. The Hall–Kier alpha value is -1.38. The van der Waals surface area contributed by atoms with Crippen LogP contribution in [0.4, 0.5) is 18.3 Å². The van der Waals surface area contributed by atoms with Crippen LogP contribution in [0.2, 0.25) is 0 Å². The third-order valence-electron chi connectivity index (χ3n) is 1.64. The van der Waals surface area contributed by atoms with Crippen LogP contribution in [-0.4, -0.2) is 29.2 Å².